The molecule has 0 saturated carbocycles. The van der Waals surface area contributed by atoms with Crippen LogP contribution >= 0.6 is 0 Å². The van der Waals surface area contributed by atoms with Gasteiger partial charge in [0.05, 0.1) is 0 Å². The number of ether oxygens (including phenoxy) is 3. The summed E-state index contributed by atoms with van der Waals surface area (Å²) >= 11 is 0. The Balaban J connectivity index is 1.43. The van der Waals surface area contributed by atoms with E-state index >= 15 is 0 Å². The molecule has 1 aliphatic heterocycles. The van der Waals surface area contributed by atoms with Crippen LogP contribution in [0.2, 0.25) is 0 Å². The zero-order chi connectivity index (χ0) is 27.5. The van der Waals surface area contributed by atoms with E-state index in [-0.39, 0.29) is 30.1 Å². The van der Waals surface area contributed by atoms with Gasteiger partial charge in [0.15, 0.2) is 11.5 Å². The molecule has 1 aromatic carbocycles. The highest BCUT2D eigenvalue weighted by atomic mass is 16.7. The highest BCUT2D eigenvalue weighted by Gasteiger charge is 2.45. The van der Waals surface area contributed by atoms with Crippen LogP contribution in [-0.4, -0.2) is 63.7 Å². The standard InChI is InChI=1S/C28H40O10/c1-2-3-4-5-6-7-8-9-10-11-12-23(30)35-17-22-25(32)26(33)27(34)28(38-22)37-21-15-18-13-14-24(31)36-20(18)16-19(21)29/h13-16,22,25-29,32-34H,2-12,17H2,1H3. The second kappa shape index (κ2) is 15.1. The Morgan fingerprint density at radius 2 is 1.55 bits per heavy atom. The van der Waals surface area contributed by atoms with Gasteiger partial charge in [0.1, 0.15) is 36.6 Å². The molecule has 0 bridgehead atoms. The molecule has 3 rings (SSSR count). The number of hydrogen-bond donors (Lipinski definition) is 4. The summed E-state index contributed by atoms with van der Waals surface area (Å²) in [6.45, 7) is 1.87. The monoisotopic (exact) mass is 536 g/mol. The molecule has 10 heteroatoms. The van der Waals surface area contributed by atoms with Crippen molar-refractivity contribution in [3.8, 4) is 11.5 Å². The summed E-state index contributed by atoms with van der Waals surface area (Å²) in [6.07, 6.45) is 4.30. The molecule has 0 radical (unpaired) electrons. The Bertz CT molecular complexity index is 1070. The molecule has 10 nitrogen and oxygen atoms in total. The van der Waals surface area contributed by atoms with Crippen LogP contribution in [0, 0.1) is 0 Å². The fraction of sp³-hybridized carbons (Fsp3) is 0.643. The molecule has 38 heavy (non-hydrogen) atoms. The van der Waals surface area contributed by atoms with Crippen molar-refractivity contribution in [3.63, 3.8) is 0 Å². The Labute approximate surface area is 222 Å². The van der Waals surface area contributed by atoms with Gasteiger partial charge in [-0.15, -0.1) is 0 Å². The third-order valence-electron chi connectivity index (χ3n) is 6.76. The topological polar surface area (TPSA) is 156 Å². The van der Waals surface area contributed by atoms with Crippen LogP contribution in [0.1, 0.15) is 77.6 Å². The summed E-state index contributed by atoms with van der Waals surface area (Å²) < 4.78 is 21.4. The molecule has 4 N–H and O–H groups in total. The summed E-state index contributed by atoms with van der Waals surface area (Å²) in [5.41, 5.74) is -0.450. The molecule has 2 aromatic rings. The number of carbonyl (C=O) groups excluding carboxylic acids is 1. The molecule has 5 atom stereocenters. The summed E-state index contributed by atoms with van der Waals surface area (Å²) in [5.74, 6) is -0.925. The zero-order valence-corrected chi connectivity index (χ0v) is 21.9. The number of unbranched alkanes of at least 4 members (excludes halogenated alkanes) is 9. The van der Waals surface area contributed by atoms with Crippen molar-refractivity contribution in [2.75, 3.05) is 6.61 Å². The SMILES string of the molecule is CCCCCCCCCCCCC(=O)OCC1OC(Oc2cc3ccc(=O)oc3cc2O)C(O)C(O)C1O. The molecule has 2 heterocycles. The van der Waals surface area contributed by atoms with Crippen LogP contribution in [0.15, 0.2) is 33.5 Å². The first-order chi connectivity index (χ1) is 18.3. The summed E-state index contributed by atoms with van der Waals surface area (Å²) in [6, 6.07) is 5.23. The second-order valence-electron chi connectivity index (χ2n) is 9.86. The highest BCUT2D eigenvalue weighted by molar-refractivity contribution is 5.80. The van der Waals surface area contributed by atoms with Crippen LogP contribution in [0.3, 0.4) is 0 Å². The van der Waals surface area contributed by atoms with E-state index < -0.39 is 42.3 Å². The number of benzene rings is 1. The van der Waals surface area contributed by atoms with Gasteiger partial charge >= 0.3 is 11.6 Å². The maximum absolute atomic E-state index is 12.2. The number of aromatic hydroxyl groups is 1. The molecule has 0 aliphatic carbocycles. The average Bonchev–Trinajstić information content (AvgIpc) is 2.89. The number of hydrogen-bond acceptors (Lipinski definition) is 10. The number of carbonyl (C=O) groups is 1. The van der Waals surface area contributed by atoms with Crippen molar-refractivity contribution >= 4 is 16.9 Å². The van der Waals surface area contributed by atoms with Crippen molar-refractivity contribution in [2.45, 2.75) is 108 Å². The number of phenols is 1. The van der Waals surface area contributed by atoms with Crippen LogP contribution < -0.4 is 10.4 Å². The third-order valence-corrected chi connectivity index (χ3v) is 6.76. The first-order valence-corrected chi connectivity index (χ1v) is 13.6. The Morgan fingerprint density at radius 3 is 2.24 bits per heavy atom. The van der Waals surface area contributed by atoms with E-state index in [0.717, 1.165) is 19.3 Å². The van der Waals surface area contributed by atoms with Gasteiger partial charge in [-0.3, -0.25) is 4.79 Å². The van der Waals surface area contributed by atoms with E-state index in [1.54, 1.807) is 0 Å². The van der Waals surface area contributed by atoms with Crippen molar-refractivity contribution < 1.29 is 43.8 Å². The summed E-state index contributed by atoms with van der Waals surface area (Å²) in [4.78, 5) is 23.6. The number of fused-ring (bicyclic) bond motifs is 1. The third kappa shape index (κ3) is 8.69. The molecule has 212 valence electrons. The van der Waals surface area contributed by atoms with E-state index in [1.807, 2.05) is 0 Å². The number of aliphatic hydroxyl groups excluding tert-OH is 3. The highest BCUT2D eigenvalue weighted by Crippen LogP contribution is 2.34. The fourth-order valence-corrected chi connectivity index (χ4v) is 4.46. The number of esters is 1. The first kappa shape index (κ1) is 29.9. The lowest BCUT2D eigenvalue weighted by atomic mass is 9.99. The fourth-order valence-electron chi connectivity index (χ4n) is 4.46. The van der Waals surface area contributed by atoms with Crippen LogP contribution in [0.25, 0.3) is 11.0 Å². The normalized spacial score (nSPS) is 23.4. The summed E-state index contributed by atoms with van der Waals surface area (Å²) in [7, 11) is 0. The van der Waals surface area contributed by atoms with Gasteiger partial charge in [-0.05, 0) is 18.6 Å². The minimum absolute atomic E-state index is 0.101. The number of phenolic OH excluding ortho intramolecular Hbond substituents is 1. The van der Waals surface area contributed by atoms with Gasteiger partial charge in [0, 0.05) is 23.9 Å². The van der Waals surface area contributed by atoms with E-state index in [0.29, 0.717) is 11.8 Å². The lowest BCUT2D eigenvalue weighted by molar-refractivity contribution is -0.278. The lowest BCUT2D eigenvalue weighted by Crippen LogP contribution is -2.60. The van der Waals surface area contributed by atoms with Gasteiger partial charge < -0.3 is 39.1 Å². The molecule has 5 unspecified atom stereocenters. The van der Waals surface area contributed by atoms with E-state index in [1.165, 1.54) is 62.8 Å². The van der Waals surface area contributed by atoms with Gasteiger partial charge in [0.25, 0.3) is 0 Å². The second-order valence-corrected chi connectivity index (χ2v) is 9.86. The van der Waals surface area contributed by atoms with E-state index in [4.69, 9.17) is 18.6 Å². The van der Waals surface area contributed by atoms with E-state index in [2.05, 4.69) is 6.92 Å². The average molecular weight is 537 g/mol. The molecule has 1 saturated heterocycles. The molecular formula is C28H40O10. The molecule has 1 aromatic heterocycles. The maximum atomic E-state index is 12.2. The zero-order valence-electron chi connectivity index (χ0n) is 21.9. The van der Waals surface area contributed by atoms with Gasteiger partial charge in [0.2, 0.25) is 6.29 Å². The molecule has 1 aliphatic rings. The van der Waals surface area contributed by atoms with Gasteiger partial charge in [-0.25, -0.2) is 4.79 Å². The number of rotatable bonds is 15. The van der Waals surface area contributed by atoms with Gasteiger partial charge in [-0.2, -0.15) is 0 Å². The predicted octanol–water partition coefficient (Wildman–Crippen LogP) is 3.54. The van der Waals surface area contributed by atoms with Crippen LogP contribution in [-0.2, 0) is 14.3 Å². The first-order valence-electron chi connectivity index (χ1n) is 13.6. The van der Waals surface area contributed by atoms with Crippen molar-refractivity contribution in [1.29, 1.82) is 0 Å². The Kier molecular flexibility index (Phi) is 11.8. The van der Waals surface area contributed by atoms with Crippen LogP contribution in [0.5, 0.6) is 11.5 Å². The molecular weight excluding hydrogens is 496 g/mol. The Hall–Kier alpha value is -2.66. The minimum Gasteiger partial charge on any atom is -0.504 e. The van der Waals surface area contributed by atoms with Crippen molar-refractivity contribution in [2.24, 2.45) is 0 Å². The molecule has 1 fully saturated rings. The summed E-state index contributed by atoms with van der Waals surface area (Å²) in [5, 5.41) is 41.7. The van der Waals surface area contributed by atoms with Crippen molar-refractivity contribution in [3.05, 3.63) is 34.7 Å². The Morgan fingerprint density at radius 1 is 0.895 bits per heavy atom. The predicted molar refractivity (Wildman–Crippen MR) is 139 cm³/mol. The minimum atomic E-state index is -1.65. The van der Waals surface area contributed by atoms with E-state index in [9.17, 15) is 30.0 Å². The lowest BCUT2D eigenvalue weighted by Gasteiger charge is -2.39. The molecule has 0 spiro atoms. The maximum Gasteiger partial charge on any atom is 0.336 e. The number of aliphatic hydroxyl groups is 3. The molecule has 0 amide bonds. The van der Waals surface area contributed by atoms with Crippen molar-refractivity contribution in [1.82, 2.24) is 0 Å². The van der Waals surface area contributed by atoms with Crippen LogP contribution in [0.4, 0.5) is 0 Å². The largest absolute Gasteiger partial charge is 0.504 e. The quantitative estimate of drug-likeness (QED) is 0.151. The smallest absolute Gasteiger partial charge is 0.336 e. The van der Waals surface area contributed by atoms with Gasteiger partial charge in [-0.1, -0.05) is 64.7 Å².